The number of hydrogen-bond acceptors (Lipinski definition) is 4. The highest BCUT2D eigenvalue weighted by molar-refractivity contribution is 7.22. The number of carbonyl (C=O) groups is 1. The van der Waals surface area contributed by atoms with Gasteiger partial charge in [0.1, 0.15) is 11.3 Å². The number of carbonyl (C=O) groups excluding carboxylic acids is 1. The summed E-state index contributed by atoms with van der Waals surface area (Å²) in [6.45, 7) is 3.13. The van der Waals surface area contributed by atoms with Gasteiger partial charge in [0, 0.05) is 5.92 Å². The first-order chi connectivity index (χ1) is 13.8. The van der Waals surface area contributed by atoms with Crippen molar-refractivity contribution >= 4 is 32.6 Å². The van der Waals surface area contributed by atoms with Crippen LogP contribution in [0.2, 0.25) is 0 Å². The van der Waals surface area contributed by atoms with Crippen molar-refractivity contribution in [3.05, 3.63) is 54.1 Å². The van der Waals surface area contributed by atoms with E-state index in [9.17, 15) is 4.79 Å². The molecule has 1 aromatic heterocycles. The number of anilines is 1. The fourth-order valence-electron chi connectivity index (χ4n) is 3.87. The Bertz CT molecular complexity index is 932. The van der Waals surface area contributed by atoms with Crippen LogP contribution in [0, 0.1) is 5.92 Å². The number of thiazole rings is 1. The largest absolute Gasteiger partial charge is 0.492 e. The zero-order chi connectivity index (χ0) is 19.3. The average Bonchev–Trinajstić information content (AvgIpc) is 3.18. The molecule has 0 radical (unpaired) electrons. The molecular formula is C23H26N2O2S. The molecule has 1 amide bonds. The Morgan fingerprint density at radius 3 is 2.64 bits per heavy atom. The molecule has 0 N–H and O–H groups in total. The molecule has 1 aliphatic carbocycles. The zero-order valence-corrected chi connectivity index (χ0v) is 17.1. The van der Waals surface area contributed by atoms with Gasteiger partial charge >= 0.3 is 0 Å². The fourth-order valence-corrected chi connectivity index (χ4v) is 4.86. The maximum atomic E-state index is 13.5. The third kappa shape index (κ3) is 4.04. The Hall–Kier alpha value is -2.40. The van der Waals surface area contributed by atoms with Gasteiger partial charge in [-0.25, -0.2) is 4.98 Å². The molecule has 1 heterocycles. The minimum Gasteiger partial charge on any atom is -0.492 e. The molecule has 2 aromatic carbocycles. The lowest BCUT2D eigenvalue weighted by atomic mass is 9.88. The zero-order valence-electron chi connectivity index (χ0n) is 16.3. The van der Waals surface area contributed by atoms with Crippen molar-refractivity contribution < 1.29 is 9.53 Å². The normalized spacial score (nSPS) is 14.9. The topological polar surface area (TPSA) is 42.4 Å². The van der Waals surface area contributed by atoms with Gasteiger partial charge in [0.2, 0.25) is 5.91 Å². The van der Waals surface area contributed by atoms with E-state index < -0.39 is 0 Å². The molecule has 0 saturated heterocycles. The van der Waals surface area contributed by atoms with Crippen LogP contribution in [0.5, 0.6) is 5.75 Å². The summed E-state index contributed by atoms with van der Waals surface area (Å²) in [5.41, 5.74) is 1.97. The highest BCUT2D eigenvalue weighted by atomic mass is 32.1. The van der Waals surface area contributed by atoms with Gasteiger partial charge in [0.05, 0.1) is 17.9 Å². The Kier molecular flexibility index (Phi) is 5.91. The number of rotatable bonds is 6. The van der Waals surface area contributed by atoms with Crippen molar-refractivity contribution in [2.45, 2.75) is 45.6 Å². The number of aromatic nitrogens is 1. The molecule has 146 valence electrons. The average molecular weight is 395 g/mol. The number of amides is 1. The molecule has 0 unspecified atom stereocenters. The molecule has 0 atom stereocenters. The van der Waals surface area contributed by atoms with E-state index in [4.69, 9.17) is 9.72 Å². The lowest BCUT2D eigenvalue weighted by Gasteiger charge is -2.27. The molecule has 28 heavy (non-hydrogen) atoms. The minimum atomic E-state index is 0.107. The highest BCUT2D eigenvalue weighted by Crippen LogP contribution is 2.36. The number of para-hydroxylation sites is 1. The van der Waals surface area contributed by atoms with Crippen molar-refractivity contribution in [1.82, 2.24) is 4.98 Å². The van der Waals surface area contributed by atoms with Crippen molar-refractivity contribution in [1.29, 1.82) is 0 Å². The molecule has 4 rings (SSSR count). The summed E-state index contributed by atoms with van der Waals surface area (Å²) in [5.74, 6) is 1.10. The van der Waals surface area contributed by atoms with E-state index in [1.165, 1.54) is 6.42 Å². The molecule has 0 spiro atoms. The summed E-state index contributed by atoms with van der Waals surface area (Å²) in [4.78, 5) is 20.2. The van der Waals surface area contributed by atoms with Crippen LogP contribution < -0.4 is 9.64 Å². The van der Waals surface area contributed by atoms with Crippen molar-refractivity contribution in [3.63, 3.8) is 0 Å². The summed E-state index contributed by atoms with van der Waals surface area (Å²) in [5, 5.41) is 0.765. The van der Waals surface area contributed by atoms with E-state index in [0.717, 1.165) is 52.3 Å². The van der Waals surface area contributed by atoms with E-state index in [-0.39, 0.29) is 11.8 Å². The predicted molar refractivity (Wildman–Crippen MR) is 115 cm³/mol. The van der Waals surface area contributed by atoms with Gasteiger partial charge in [0.15, 0.2) is 5.13 Å². The van der Waals surface area contributed by atoms with E-state index in [2.05, 4.69) is 12.1 Å². The Morgan fingerprint density at radius 2 is 1.89 bits per heavy atom. The Morgan fingerprint density at radius 1 is 1.11 bits per heavy atom. The quantitative estimate of drug-likeness (QED) is 0.530. The molecular weight excluding hydrogens is 368 g/mol. The highest BCUT2D eigenvalue weighted by Gasteiger charge is 2.29. The van der Waals surface area contributed by atoms with Gasteiger partial charge in [-0.3, -0.25) is 9.69 Å². The van der Waals surface area contributed by atoms with E-state index in [1.54, 1.807) is 11.3 Å². The first-order valence-corrected chi connectivity index (χ1v) is 11.0. The number of hydrogen-bond donors (Lipinski definition) is 0. The molecule has 1 aliphatic rings. The smallest absolute Gasteiger partial charge is 0.232 e. The minimum absolute atomic E-state index is 0.107. The summed E-state index contributed by atoms with van der Waals surface area (Å²) in [7, 11) is 0. The van der Waals surface area contributed by atoms with E-state index >= 15 is 0 Å². The number of benzene rings is 2. The van der Waals surface area contributed by atoms with E-state index in [1.807, 2.05) is 48.2 Å². The SMILES string of the molecule is CCOc1cccc2sc(N(Cc3ccccc3)C(=O)C3CCCCC3)nc12. The molecule has 4 nitrogen and oxygen atoms in total. The second kappa shape index (κ2) is 8.74. The molecule has 0 aliphatic heterocycles. The van der Waals surface area contributed by atoms with Gasteiger partial charge in [-0.2, -0.15) is 0 Å². The first kappa shape index (κ1) is 18.9. The van der Waals surface area contributed by atoms with Gasteiger partial charge < -0.3 is 4.74 Å². The maximum Gasteiger partial charge on any atom is 0.232 e. The second-order valence-corrected chi connectivity index (χ2v) is 8.29. The van der Waals surface area contributed by atoms with Crippen LogP contribution in [0.15, 0.2) is 48.5 Å². The predicted octanol–water partition coefficient (Wildman–Crippen LogP) is 5.81. The van der Waals surface area contributed by atoms with Crippen LogP contribution in [0.25, 0.3) is 10.2 Å². The monoisotopic (exact) mass is 394 g/mol. The number of ether oxygens (including phenoxy) is 1. The fraction of sp³-hybridized carbons (Fsp3) is 0.391. The Balaban J connectivity index is 1.70. The van der Waals surface area contributed by atoms with Gasteiger partial charge in [-0.1, -0.05) is 67.0 Å². The van der Waals surface area contributed by atoms with Crippen LogP contribution in [-0.2, 0) is 11.3 Å². The van der Waals surface area contributed by atoms with Gasteiger partial charge in [0.25, 0.3) is 0 Å². The summed E-state index contributed by atoms with van der Waals surface area (Å²) in [6, 6.07) is 16.2. The summed E-state index contributed by atoms with van der Waals surface area (Å²) in [6.07, 6.45) is 5.49. The van der Waals surface area contributed by atoms with Crippen molar-refractivity contribution in [2.75, 3.05) is 11.5 Å². The maximum absolute atomic E-state index is 13.5. The van der Waals surface area contributed by atoms with Gasteiger partial charge in [-0.15, -0.1) is 0 Å². The first-order valence-electron chi connectivity index (χ1n) is 10.1. The summed E-state index contributed by atoms with van der Waals surface area (Å²) >= 11 is 1.57. The van der Waals surface area contributed by atoms with Crippen LogP contribution >= 0.6 is 11.3 Å². The Labute approximate surface area is 170 Å². The van der Waals surface area contributed by atoms with Crippen molar-refractivity contribution in [3.8, 4) is 5.75 Å². The van der Waals surface area contributed by atoms with Crippen LogP contribution in [0.4, 0.5) is 5.13 Å². The van der Waals surface area contributed by atoms with Crippen LogP contribution in [0.1, 0.15) is 44.6 Å². The number of nitrogens with zero attached hydrogens (tertiary/aromatic N) is 2. The van der Waals surface area contributed by atoms with Gasteiger partial charge in [-0.05, 0) is 37.5 Å². The molecule has 1 saturated carbocycles. The lowest BCUT2D eigenvalue weighted by Crippen LogP contribution is -2.36. The van der Waals surface area contributed by atoms with E-state index in [0.29, 0.717) is 13.2 Å². The van der Waals surface area contributed by atoms with Crippen LogP contribution in [-0.4, -0.2) is 17.5 Å². The summed E-state index contributed by atoms with van der Waals surface area (Å²) < 4.78 is 6.80. The second-order valence-electron chi connectivity index (χ2n) is 7.28. The third-order valence-electron chi connectivity index (χ3n) is 5.31. The standard InChI is InChI=1S/C23H26N2O2S/c1-2-27-19-14-9-15-20-21(19)24-23(28-20)25(16-17-10-5-3-6-11-17)22(26)18-12-7-4-8-13-18/h3,5-6,9-11,14-15,18H,2,4,7-8,12-13,16H2,1H3. The number of fused-ring (bicyclic) bond motifs is 1. The van der Waals surface area contributed by atoms with Crippen LogP contribution in [0.3, 0.4) is 0 Å². The van der Waals surface area contributed by atoms with Crippen molar-refractivity contribution in [2.24, 2.45) is 5.92 Å². The molecule has 1 fully saturated rings. The lowest BCUT2D eigenvalue weighted by molar-refractivity contribution is -0.123. The molecule has 0 bridgehead atoms. The molecule has 5 heteroatoms. The third-order valence-corrected chi connectivity index (χ3v) is 6.35. The molecule has 3 aromatic rings.